The fraction of sp³-hybridized carbons (Fsp3) is 0.680. The Balaban J connectivity index is 1.60. The van der Waals surface area contributed by atoms with Crippen molar-refractivity contribution in [2.24, 2.45) is 5.92 Å². The maximum absolute atomic E-state index is 13.0. The number of alkyl halides is 1. The van der Waals surface area contributed by atoms with Crippen molar-refractivity contribution in [3.8, 4) is 0 Å². The Labute approximate surface area is 205 Å². The topological polar surface area (TPSA) is 50.6 Å². The maximum Gasteiger partial charge on any atom is 0.410 e. The third-order valence-corrected chi connectivity index (χ3v) is 7.32. The minimum atomic E-state index is -0.495. The molecule has 0 radical (unpaired) electrons. The largest absolute Gasteiger partial charge is 0.444 e. The van der Waals surface area contributed by atoms with Crippen molar-refractivity contribution in [1.29, 1.82) is 0 Å². The van der Waals surface area contributed by atoms with E-state index < -0.39 is 5.60 Å². The molecule has 2 aliphatic rings. The zero-order valence-corrected chi connectivity index (χ0v) is 22.4. The van der Waals surface area contributed by atoms with Gasteiger partial charge in [0.15, 0.2) is 0 Å². The predicted octanol–water partition coefficient (Wildman–Crippen LogP) is 5.81. The van der Waals surface area contributed by atoms with Gasteiger partial charge in [-0.15, -0.1) is 0 Å². The first kappa shape index (κ1) is 23.8. The number of fused-ring (bicyclic) bond motifs is 1. The van der Waals surface area contributed by atoms with Gasteiger partial charge in [-0.1, -0.05) is 41.6 Å². The van der Waals surface area contributed by atoms with E-state index in [1.54, 1.807) is 0 Å². The minimum Gasteiger partial charge on any atom is -0.444 e. The van der Waals surface area contributed by atoms with Gasteiger partial charge in [0.05, 0.1) is 17.6 Å². The molecule has 2 aliphatic heterocycles. The number of piperidine rings is 2. The lowest BCUT2D eigenvalue weighted by Gasteiger charge is -2.39. The quantitative estimate of drug-likeness (QED) is 0.349. The van der Waals surface area contributed by atoms with E-state index in [1.165, 1.54) is 0 Å². The Morgan fingerprint density at radius 3 is 2.69 bits per heavy atom. The number of hydrogen-bond acceptors (Lipinski definition) is 4. The van der Waals surface area contributed by atoms with E-state index in [2.05, 4.69) is 77.5 Å². The number of carbonyl (C=O) groups excluding carboxylic acids is 1. The lowest BCUT2D eigenvalue weighted by Crippen LogP contribution is -2.45. The normalized spacial score (nSPS) is 30.0. The molecule has 4 rings (SSSR count). The highest BCUT2D eigenvalue weighted by molar-refractivity contribution is 14.1. The van der Waals surface area contributed by atoms with E-state index in [0.717, 1.165) is 55.4 Å². The molecule has 3 heterocycles. The number of ether oxygens (including phenoxy) is 1. The summed E-state index contributed by atoms with van der Waals surface area (Å²) in [5.41, 5.74) is 1.67. The van der Waals surface area contributed by atoms with Crippen LogP contribution in [0.1, 0.15) is 71.5 Å². The van der Waals surface area contributed by atoms with Crippen molar-refractivity contribution in [1.82, 2.24) is 19.6 Å². The number of halogens is 1. The number of hydrogen-bond donors (Lipinski definition) is 0. The van der Waals surface area contributed by atoms with Crippen LogP contribution in [-0.4, -0.2) is 61.4 Å². The van der Waals surface area contributed by atoms with E-state index in [4.69, 9.17) is 9.84 Å². The molecule has 0 N–H and O–H groups in total. The third kappa shape index (κ3) is 5.41. The average Bonchev–Trinajstić information content (AvgIpc) is 3.08. The van der Waals surface area contributed by atoms with E-state index in [9.17, 15) is 4.79 Å². The van der Waals surface area contributed by atoms with Gasteiger partial charge in [-0.2, -0.15) is 5.10 Å². The van der Waals surface area contributed by atoms with Crippen LogP contribution in [0.4, 0.5) is 4.79 Å². The van der Waals surface area contributed by atoms with Crippen LogP contribution in [-0.2, 0) is 4.74 Å². The minimum absolute atomic E-state index is 0.0362. The summed E-state index contributed by atoms with van der Waals surface area (Å²) in [6, 6.07) is 6.92. The number of nitrogens with zero attached hydrogens (tertiary/aromatic N) is 4. The molecule has 1 aromatic carbocycles. The smallest absolute Gasteiger partial charge is 0.410 e. The first-order valence-corrected chi connectivity index (χ1v) is 12.8. The summed E-state index contributed by atoms with van der Waals surface area (Å²) in [5, 5.41) is 6.15. The van der Waals surface area contributed by atoms with Gasteiger partial charge in [0.25, 0.3) is 0 Å². The summed E-state index contributed by atoms with van der Waals surface area (Å²) >= 11 is 2.59. The number of likely N-dealkylation sites (tertiary alicyclic amines) is 2. The van der Waals surface area contributed by atoms with Crippen LogP contribution in [0.15, 0.2) is 24.4 Å². The van der Waals surface area contributed by atoms with Crippen LogP contribution in [0, 0.1) is 5.92 Å². The molecule has 0 spiro atoms. The first-order valence-electron chi connectivity index (χ1n) is 11.8. The number of carbonyl (C=O) groups is 1. The summed E-state index contributed by atoms with van der Waals surface area (Å²) in [6.07, 6.45) is 5.15. The highest BCUT2D eigenvalue weighted by atomic mass is 127. The molecule has 0 saturated carbocycles. The number of benzene rings is 1. The molecule has 1 amide bonds. The Morgan fingerprint density at radius 1 is 1.25 bits per heavy atom. The van der Waals surface area contributed by atoms with Gasteiger partial charge >= 0.3 is 6.09 Å². The molecule has 6 nitrogen and oxygen atoms in total. The summed E-state index contributed by atoms with van der Waals surface area (Å²) in [7, 11) is 2.19. The van der Waals surface area contributed by atoms with Gasteiger partial charge in [-0.3, -0.25) is 4.68 Å². The highest BCUT2D eigenvalue weighted by Crippen LogP contribution is 2.37. The summed E-state index contributed by atoms with van der Waals surface area (Å²) in [4.78, 5) is 17.3. The zero-order chi connectivity index (χ0) is 23.3. The van der Waals surface area contributed by atoms with Crippen LogP contribution < -0.4 is 0 Å². The molecule has 0 aliphatic carbocycles. The summed E-state index contributed by atoms with van der Waals surface area (Å²) in [5.74, 6) is 0.479. The molecular weight excluding hydrogens is 515 g/mol. The maximum atomic E-state index is 13.0. The average molecular weight is 553 g/mol. The van der Waals surface area contributed by atoms with Crippen molar-refractivity contribution in [2.75, 3.05) is 26.7 Å². The Kier molecular flexibility index (Phi) is 6.53. The molecule has 32 heavy (non-hydrogen) atoms. The summed E-state index contributed by atoms with van der Waals surface area (Å²) < 4.78 is 8.16. The second-order valence-electron chi connectivity index (χ2n) is 11.2. The number of likely N-dealkylation sites (N-methyl/N-ethyl adjacent to an activating group) is 1. The van der Waals surface area contributed by atoms with Crippen LogP contribution >= 0.6 is 22.6 Å². The second kappa shape index (κ2) is 8.78. The Hall–Kier alpha value is -1.35. The van der Waals surface area contributed by atoms with Crippen molar-refractivity contribution in [3.63, 3.8) is 0 Å². The van der Waals surface area contributed by atoms with Gasteiger partial charge in [0.2, 0.25) is 0 Å². The molecule has 1 unspecified atom stereocenters. The van der Waals surface area contributed by atoms with Crippen molar-refractivity contribution >= 4 is 39.6 Å². The number of rotatable bonds is 2. The van der Waals surface area contributed by atoms with E-state index in [1.807, 2.05) is 25.7 Å². The lowest BCUT2D eigenvalue weighted by atomic mass is 9.90. The Bertz CT molecular complexity index is 980. The molecule has 2 saturated heterocycles. The van der Waals surface area contributed by atoms with Crippen LogP contribution in [0.2, 0.25) is 0 Å². The molecule has 0 bridgehead atoms. The molecule has 1 aromatic heterocycles. The van der Waals surface area contributed by atoms with Gasteiger partial charge in [-0.05, 0) is 71.6 Å². The molecule has 2 fully saturated rings. The number of amides is 1. The van der Waals surface area contributed by atoms with Gasteiger partial charge in [0.1, 0.15) is 5.60 Å². The highest BCUT2D eigenvalue weighted by Gasteiger charge is 2.35. The lowest BCUT2D eigenvalue weighted by molar-refractivity contribution is 0.00365. The Morgan fingerprint density at radius 2 is 2.00 bits per heavy atom. The molecule has 2 aromatic rings. The van der Waals surface area contributed by atoms with Crippen molar-refractivity contribution < 1.29 is 9.53 Å². The third-order valence-electron chi connectivity index (χ3n) is 6.54. The van der Waals surface area contributed by atoms with Crippen LogP contribution in [0.3, 0.4) is 0 Å². The fourth-order valence-corrected chi connectivity index (χ4v) is 6.34. The monoisotopic (exact) mass is 552 g/mol. The van der Waals surface area contributed by atoms with Crippen LogP contribution in [0.25, 0.3) is 10.9 Å². The molecule has 176 valence electrons. The zero-order valence-electron chi connectivity index (χ0n) is 20.3. The number of aromatic nitrogens is 2. The van der Waals surface area contributed by atoms with Gasteiger partial charge in [-0.25, -0.2) is 4.79 Å². The van der Waals surface area contributed by atoms with Crippen LogP contribution in [0.5, 0.6) is 0 Å². The first-order chi connectivity index (χ1) is 14.9. The predicted molar refractivity (Wildman–Crippen MR) is 137 cm³/mol. The van der Waals surface area contributed by atoms with E-state index >= 15 is 0 Å². The molecule has 4 atom stereocenters. The van der Waals surface area contributed by atoms with E-state index in [-0.39, 0.29) is 15.6 Å². The van der Waals surface area contributed by atoms with E-state index in [0.29, 0.717) is 12.0 Å². The molecule has 7 heteroatoms. The standard InChI is InChI=1S/C25H37IN4O2/c1-17-7-10-22(29(13-17)23(31)32-24(2,3)4)18-8-9-19-14-30(27-21(19)11-18)20-12-25(5,26)16-28(6)15-20/h8-9,11,14,17,20,22H,7,10,12-13,15-16H2,1-6H3/t17-,20?,22+,25+/m0/s1. The fourth-order valence-electron chi connectivity index (χ4n) is 5.25. The second-order valence-corrected chi connectivity index (χ2v) is 13.8. The van der Waals surface area contributed by atoms with Gasteiger partial charge in [0, 0.05) is 34.6 Å². The van der Waals surface area contributed by atoms with Gasteiger partial charge < -0.3 is 14.5 Å². The molecular formula is C25H37IN4O2. The SMILES string of the molecule is C[C@H]1CC[C@H](c2ccc3cn(C4CN(C)C[C@](C)(I)C4)nc3c2)N(C(=O)OC(C)(C)C)C1. The van der Waals surface area contributed by atoms with Crippen molar-refractivity contribution in [3.05, 3.63) is 30.0 Å². The van der Waals surface area contributed by atoms with Crippen molar-refractivity contribution in [2.45, 2.75) is 75.0 Å². The summed E-state index contributed by atoms with van der Waals surface area (Å²) in [6.45, 7) is 13.2.